The first kappa shape index (κ1) is 17.2. The number of carboxylic acid groups (broad SMARTS) is 1. The highest BCUT2D eigenvalue weighted by atomic mass is 79.9. The van der Waals surface area contributed by atoms with Gasteiger partial charge in [-0.15, -0.1) is 0 Å². The van der Waals surface area contributed by atoms with Crippen molar-refractivity contribution < 1.29 is 24.9 Å². The Morgan fingerprint density at radius 2 is 1.74 bits per heavy atom. The van der Waals surface area contributed by atoms with Gasteiger partial charge in [-0.1, -0.05) is 15.9 Å². The average Bonchev–Trinajstić information content (AvgIpc) is 2.49. The molecule has 0 spiro atoms. The average molecular weight is 442 g/mol. The molecule has 0 heterocycles. The first-order chi connectivity index (χ1) is 10.8. The smallest absolute Gasteiger partial charge is 0.339 e. The molecule has 0 aromatic heterocycles. The van der Waals surface area contributed by atoms with E-state index in [4.69, 9.17) is 5.11 Å². The van der Waals surface area contributed by atoms with E-state index in [1.165, 1.54) is 18.2 Å². The van der Waals surface area contributed by atoms with Crippen molar-refractivity contribution in [3.63, 3.8) is 0 Å². The van der Waals surface area contributed by atoms with Gasteiger partial charge in [0.1, 0.15) is 17.1 Å². The molecule has 0 radical (unpaired) electrons. The van der Waals surface area contributed by atoms with Gasteiger partial charge in [0, 0.05) is 15.6 Å². The van der Waals surface area contributed by atoms with E-state index in [1.807, 2.05) is 0 Å². The van der Waals surface area contributed by atoms with E-state index < -0.39 is 17.5 Å². The van der Waals surface area contributed by atoms with Crippen molar-refractivity contribution in [2.24, 2.45) is 0 Å². The number of ketones is 1. The van der Waals surface area contributed by atoms with E-state index in [0.29, 0.717) is 14.5 Å². The van der Waals surface area contributed by atoms with Crippen LogP contribution in [-0.2, 0) is 0 Å². The normalized spacial score (nSPS) is 10.9. The molecule has 0 bridgehead atoms. The number of benzene rings is 2. The summed E-state index contributed by atoms with van der Waals surface area (Å²) in [6.07, 6.45) is 2.63. The summed E-state index contributed by atoms with van der Waals surface area (Å²) in [7, 11) is 0. The molecule has 3 N–H and O–H groups in total. The Bertz CT molecular complexity index is 827. The predicted octanol–water partition coefficient (Wildman–Crippen LogP) is 4.22. The second kappa shape index (κ2) is 6.97. The van der Waals surface area contributed by atoms with Gasteiger partial charge in [-0.2, -0.15) is 0 Å². The number of hydrogen-bond donors (Lipinski definition) is 3. The number of aromatic hydroxyl groups is 2. The summed E-state index contributed by atoms with van der Waals surface area (Å²) in [6, 6.07) is 6.86. The lowest BCUT2D eigenvalue weighted by Crippen LogP contribution is -2.01. The van der Waals surface area contributed by atoms with Crippen molar-refractivity contribution >= 4 is 49.7 Å². The van der Waals surface area contributed by atoms with Crippen LogP contribution in [0.4, 0.5) is 0 Å². The van der Waals surface area contributed by atoms with E-state index >= 15 is 0 Å². The molecule has 0 fully saturated rings. The highest BCUT2D eigenvalue weighted by molar-refractivity contribution is 9.11. The van der Waals surface area contributed by atoms with Crippen LogP contribution < -0.4 is 0 Å². The lowest BCUT2D eigenvalue weighted by Gasteiger charge is -2.04. The number of phenols is 2. The second-order valence-corrected chi connectivity index (χ2v) is 6.33. The van der Waals surface area contributed by atoms with Crippen molar-refractivity contribution in [3.8, 4) is 11.5 Å². The van der Waals surface area contributed by atoms with Gasteiger partial charge in [0.25, 0.3) is 0 Å². The number of carbonyl (C=O) groups excluding carboxylic acids is 1. The van der Waals surface area contributed by atoms with Gasteiger partial charge in [-0.3, -0.25) is 4.79 Å². The van der Waals surface area contributed by atoms with Gasteiger partial charge in [0.15, 0.2) is 5.78 Å². The zero-order valence-electron chi connectivity index (χ0n) is 11.5. The number of carboxylic acids is 1. The molecule has 0 amide bonds. The minimum Gasteiger partial charge on any atom is -0.507 e. The maximum absolute atomic E-state index is 12.1. The van der Waals surface area contributed by atoms with Gasteiger partial charge in [0.05, 0.1) is 4.47 Å². The van der Waals surface area contributed by atoms with Crippen molar-refractivity contribution in [1.82, 2.24) is 0 Å². The van der Waals surface area contributed by atoms with Crippen LogP contribution in [0.15, 0.2) is 45.4 Å². The van der Waals surface area contributed by atoms with Gasteiger partial charge in [-0.05, 0) is 58.4 Å². The fourth-order valence-electron chi connectivity index (χ4n) is 1.84. The van der Waals surface area contributed by atoms with Crippen molar-refractivity contribution in [2.45, 2.75) is 0 Å². The van der Waals surface area contributed by atoms with E-state index in [-0.39, 0.29) is 16.9 Å². The molecule has 0 aliphatic heterocycles. The van der Waals surface area contributed by atoms with E-state index in [9.17, 15) is 19.8 Å². The van der Waals surface area contributed by atoms with Crippen LogP contribution in [0.2, 0.25) is 0 Å². The molecule has 0 aliphatic carbocycles. The second-order valence-electron chi connectivity index (χ2n) is 4.56. The maximum Gasteiger partial charge on any atom is 0.339 e. The Hall–Kier alpha value is -2.12. The van der Waals surface area contributed by atoms with Crippen LogP contribution >= 0.6 is 31.9 Å². The minimum atomic E-state index is -1.32. The van der Waals surface area contributed by atoms with E-state index in [0.717, 1.165) is 12.1 Å². The summed E-state index contributed by atoms with van der Waals surface area (Å²) < 4.78 is 1.18. The standard InChI is InChI=1S/C16H10Br2O5/c17-10-5-9(15(21)12(18)7-10)2-3-13(19)8-1-4-14(20)11(6-8)16(22)23/h1-7,20-21H,(H,22,23). The van der Waals surface area contributed by atoms with Gasteiger partial charge in [-0.25, -0.2) is 4.79 Å². The Morgan fingerprint density at radius 1 is 1.04 bits per heavy atom. The monoisotopic (exact) mass is 440 g/mol. The third-order valence-electron chi connectivity index (χ3n) is 2.98. The molecule has 0 saturated heterocycles. The van der Waals surface area contributed by atoms with Crippen LogP contribution in [0.3, 0.4) is 0 Å². The zero-order valence-corrected chi connectivity index (χ0v) is 14.6. The zero-order chi connectivity index (χ0) is 17.1. The molecule has 2 aromatic carbocycles. The SMILES string of the molecule is O=C(C=Cc1cc(Br)cc(Br)c1O)c1ccc(O)c(C(=O)O)c1. The summed E-state index contributed by atoms with van der Waals surface area (Å²) in [5.41, 5.74) is 0.180. The molecular formula is C16H10Br2O5. The fraction of sp³-hybridized carbons (Fsp3) is 0. The number of aromatic carboxylic acids is 1. The van der Waals surface area contributed by atoms with Crippen LogP contribution in [-0.4, -0.2) is 27.1 Å². The summed E-state index contributed by atoms with van der Waals surface area (Å²) in [6.45, 7) is 0. The Labute approximate surface area is 148 Å². The minimum absolute atomic E-state index is 0.0193. The Kier molecular flexibility index (Phi) is 5.23. The summed E-state index contributed by atoms with van der Waals surface area (Å²) in [5, 5.41) is 28.3. The number of allylic oxidation sites excluding steroid dienone is 1. The molecule has 0 saturated carbocycles. The molecule has 0 unspecified atom stereocenters. The van der Waals surface area contributed by atoms with Crippen LogP contribution in [0.5, 0.6) is 11.5 Å². The highest BCUT2D eigenvalue weighted by Gasteiger charge is 2.13. The third kappa shape index (κ3) is 4.00. The molecule has 0 aliphatic rings. The molecule has 118 valence electrons. The Balaban J connectivity index is 2.33. The molecular weight excluding hydrogens is 432 g/mol. The van der Waals surface area contributed by atoms with Gasteiger partial charge < -0.3 is 15.3 Å². The Morgan fingerprint density at radius 3 is 2.39 bits per heavy atom. The van der Waals surface area contributed by atoms with Crippen LogP contribution in [0.1, 0.15) is 26.3 Å². The summed E-state index contributed by atoms with van der Waals surface area (Å²) in [4.78, 5) is 23.1. The van der Waals surface area contributed by atoms with Crippen molar-refractivity contribution in [3.05, 3.63) is 62.0 Å². The number of rotatable bonds is 4. The predicted molar refractivity (Wildman–Crippen MR) is 91.9 cm³/mol. The molecule has 2 aromatic rings. The summed E-state index contributed by atoms with van der Waals surface area (Å²) in [5.74, 6) is -2.21. The van der Waals surface area contributed by atoms with Gasteiger partial charge in [0.2, 0.25) is 0 Å². The highest BCUT2D eigenvalue weighted by Crippen LogP contribution is 2.32. The first-order valence-corrected chi connectivity index (χ1v) is 7.85. The lowest BCUT2D eigenvalue weighted by molar-refractivity contribution is 0.0693. The van der Waals surface area contributed by atoms with E-state index in [2.05, 4.69) is 31.9 Å². The fourth-order valence-corrected chi connectivity index (χ4v) is 3.09. The third-order valence-corrected chi connectivity index (χ3v) is 4.05. The first-order valence-electron chi connectivity index (χ1n) is 6.26. The summed E-state index contributed by atoms with van der Waals surface area (Å²) >= 11 is 6.47. The molecule has 5 nitrogen and oxygen atoms in total. The lowest BCUT2D eigenvalue weighted by atomic mass is 10.0. The largest absolute Gasteiger partial charge is 0.507 e. The molecule has 7 heteroatoms. The number of halogens is 2. The van der Waals surface area contributed by atoms with E-state index in [1.54, 1.807) is 12.1 Å². The van der Waals surface area contributed by atoms with Gasteiger partial charge >= 0.3 is 5.97 Å². The maximum atomic E-state index is 12.1. The van der Waals surface area contributed by atoms with Crippen LogP contribution in [0, 0.1) is 0 Å². The number of carbonyl (C=O) groups is 2. The molecule has 23 heavy (non-hydrogen) atoms. The topological polar surface area (TPSA) is 94.8 Å². The molecule has 2 rings (SSSR count). The number of hydrogen-bond acceptors (Lipinski definition) is 4. The quantitative estimate of drug-likeness (QED) is 0.487. The molecule has 0 atom stereocenters. The van der Waals surface area contributed by atoms with Crippen molar-refractivity contribution in [2.75, 3.05) is 0 Å². The number of phenolic OH excluding ortho intramolecular Hbond substituents is 1. The van der Waals surface area contributed by atoms with Crippen LogP contribution in [0.25, 0.3) is 6.08 Å². The van der Waals surface area contributed by atoms with Crippen molar-refractivity contribution in [1.29, 1.82) is 0 Å².